The molecule has 0 aliphatic rings. The highest BCUT2D eigenvalue weighted by atomic mass is 16.5. The highest BCUT2D eigenvalue weighted by Gasteiger charge is 2.15. The second-order valence-electron chi connectivity index (χ2n) is 4.77. The van der Waals surface area contributed by atoms with E-state index in [9.17, 15) is 9.59 Å². The van der Waals surface area contributed by atoms with E-state index in [1.165, 1.54) is 6.92 Å². The molecule has 19 heavy (non-hydrogen) atoms. The molecule has 1 aromatic rings. The molecule has 1 aromatic carbocycles. The van der Waals surface area contributed by atoms with Gasteiger partial charge in [-0.25, -0.2) is 0 Å². The van der Waals surface area contributed by atoms with Crippen molar-refractivity contribution in [1.82, 2.24) is 5.32 Å². The summed E-state index contributed by atoms with van der Waals surface area (Å²) >= 11 is 0. The van der Waals surface area contributed by atoms with Crippen LogP contribution in [-0.4, -0.2) is 29.6 Å². The van der Waals surface area contributed by atoms with E-state index in [1.54, 1.807) is 24.3 Å². The van der Waals surface area contributed by atoms with E-state index in [4.69, 9.17) is 9.84 Å². The number of ether oxygens (including phenoxy) is 1. The number of amides is 1. The summed E-state index contributed by atoms with van der Waals surface area (Å²) in [6.45, 7) is 6.05. The summed E-state index contributed by atoms with van der Waals surface area (Å²) in [4.78, 5) is 22.5. The van der Waals surface area contributed by atoms with Crippen molar-refractivity contribution >= 4 is 11.9 Å². The van der Waals surface area contributed by atoms with Crippen molar-refractivity contribution in [2.75, 3.05) is 6.61 Å². The maximum Gasteiger partial charge on any atom is 0.325 e. The lowest BCUT2D eigenvalue weighted by atomic mass is 10.2. The van der Waals surface area contributed by atoms with Gasteiger partial charge in [0.1, 0.15) is 11.8 Å². The lowest BCUT2D eigenvalue weighted by Gasteiger charge is -2.11. The van der Waals surface area contributed by atoms with Gasteiger partial charge in [0.2, 0.25) is 0 Å². The largest absolute Gasteiger partial charge is 0.493 e. The van der Waals surface area contributed by atoms with Gasteiger partial charge in [0.25, 0.3) is 5.91 Å². The van der Waals surface area contributed by atoms with E-state index >= 15 is 0 Å². The second kappa shape index (κ2) is 6.78. The zero-order valence-corrected chi connectivity index (χ0v) is 11.3. The zero-order valence-electron chi connectivity index (χ0n) is 11.3. The van der Waals surface area contributed by atoms with Gasteiger partial charge in [0.05, 0.1) is 6.61 Å². The smallest absolute Gasteiger partial charge is 0.325 e. The topological polar surface area (TPSA) is 75.6 Å². The third-order valence-electron chi connectivity index (χ3n) is 2.40. The van der Waals surface area contributed by atoms with Crippen LogP contribution < -0.4 is 10.1 Å². The number of rotatable bonds is 6. The minimum absolute atomic E-state index is 0.384. The Morgan fingerprint density at radius 3 is 2.58 bits per heavy atom. The van der Waals surface area contributed by atoms with E-state index in [0.29, 0.717) is 23.8 Å². The number of aliphatic carboxylic acids is 1. The molecule has 5 nitrogen and oxygen atoms in total. The minimum Gasteiger partial charge on any atom is -0.493 e. The van der Waals surface area contributed by atoms with E-state index < -0.39 is 17.9 Å². The third-order valence-corrected chi connectivity index (χ3v) is 2.40. The maximum absolute atomic E-state index is 11.8. The van der Waals surface area contributed by atoms with E-state index in [2.05, 4.69) is 5.32 Å². The van der Waals surface area contributed by atoms with E-state index in [1.807, 2.05) is 13.8 Å². The number of carboxylic acids is 1. The second-order valence-corrected chi connectivity index (χ2v) is 4.77. The fraction of sp³-hybridized carbons (Fsp3) is 0.429. The molecule has 1 rings (SSSR count). The van der Waals surface area contributed by atoms with Gasteiger partial charge < -0.3 is 15.2 Å². The van der Waals surface area contributed by atoms with Gasteiger partial charge in [-0.2, -0.15) is 0 Å². The van der Waals surface area contributed by atoms with Gasteiger partial charge in [0.15, 0.2) is 0 Å². The molecule has 5 heteroatoms. The van der Waals surface area contributed by atoms with Crippen LogP contribution in [-0.2, 0) is 4.79 Å². The van der Waals surface area contributed by atoms with E-state index in [0.717, 1.165) is 0 Å². The Balaban J connectivity index is 2.70. The molecule has 2 N–H and O–H groups in total. The molecule has 0 fully saturated rings. The molecule has 0 saturated carbocycles. The molecule has 1 unspecified atom stereocenters. The first-order chi connectivity index (χ1) is 8.90. The summed E-state index contributed by atoms with van der Waals surface area (Å²) in [6, 6.07) is 5.77. The van der Waals surface area contributed by atoms with Crippen LogP contribution in [0, 0.1) is 5.92 Å². The Bertz CT molecular complexity index is 457. The van der Waals surface area contributed by atoms with Gasteiger partial charge >= 0.3 is 5.97 Å². The number of nitrogens with one attached hydrogen (secondary N) is 1. The molecule has 0 spiro atoms. The van der Waals surface area contributed by atoms with Crippen molar-refractivity contribution in [2.45, 2.75) is 26.8 Å². The summed E-state index contributed by atoms with van der Waals surface area (Å²) in [5.74, 6) is -0.501. The zero-order chi connectivity index (χ0) is 14.4. The molecule has 104 valence electrons. The summed E-state index contributed by atoms with van der Waals surface area (Å²) in [5.41, 5.74) is 0.384. The number of carboxylic acid groups (broad SMARTS) is 1. The highest BCUT2D eigenvalue weighted by molar-refractivity contribution is 5.96. The normalized spacial score (nSPS) is 12.0. The lowest BCUT2D eigenvalue weighted by molar-refractivity contribution is -0.138. The third kappa shape index (κ3) is 4.99. The fourth-order valence-electron chi connectivity index (χ4n) is 1.33. The average Bonchev–Trinajstić information content (AvgIpc) is 2.36. The van der Waals surface area contributed by atoms with Crippen molar-refractivity contribution in [3.63, 3.8) is 0 Å². The van der Waals surface area contributed by atoms with Crippen molar-refractivity contribution in [3.05, 3.63) is 29.8 Å². The number of hydrogen-bond acceptors (Lipinski definition) is 3. The Labute approximate surface area is 112 Å². The molecular weight excluding hydrogens is 246 g/mol. The first kappa shape index (κ1) is 15.0. The SMILES string of the molecule is CC(C)COc1cccc(C(=O)NC(C)C(=O)O)c1. The molecule has 0 radical (unpaired) electrons. The summed E-state index contributed by atoms with van der Waals surface area (Å²) < 4.78 is 5.51. The first-order valence-electron chi connectivity index (χ1n) is 6.16. The van der Waals surface area contributed by atoms with Crippen molar-refractivity contribution < 1.29 is 19.4 Å². The Morgan fingerprint density at radius 2 is 2.00 bits per heavy atom. The van der Waals surface area contributed by atoms with Crippen LogP contribution in [0.25, 0.3) is 0 Å². The predicted molar refractivity (Wildman–Crippen MR) is 71.3 cm³/mol. The Morgan fingerprint density at radius 1 is 1.32 bits per heavy atom. The molecule has 1 amide bonds. The molecule has 0 saturated heterocycles. The molecule has 0 heterocycles. The van der Waals surface area contributed by atoms with Crippen molar-refractivity contribution in [1.29, 1.82) is 0 Å². The van der Waals surface area contributed by atoms with E-state index in [-0.39, 0.29) is 0 Å². The van der Waals surface area contributed by atoms with Gasteiger partial charge in [-0.3, -0.25) is 9.59 Å². The molecule has 0 aliphatic carbocycles. The van der Waals surface area contributed by atoms with Gasteiger partial charge in [-0.05, 0) is 31.0 Å². The summed E-state index contributed by atoms with van der Waals surface area (Å²) in [7, 11) is 0. The highest BCUT2D eigenvalue weighted by Crippen LogP contribution is 2.14. The predicted octanol–water partition coefficient (Wildman–Crippen LogP) is 1.92. The van der Waals surface area contributed by atoms with Gasteiger partial charge in [-0.15, -0.1) is 0 Å². The van der Waals surface area contributed by atoms with Crippen LogP contribution in [0.5, 0.6) is 5.75 Å². The number of carbonyl (C=O) groups excluding carboxylic acids is 1. The van der Waals surface area contributed by atoms with Crippen molar-refractivity contribution in [3.8, 4) is 5.75 Å². The standard InChI is InChI=1S/C14H19NO4/c1-9(2)8-19-12-6-4-5-11(7-12)13(16)15-10(3)14(17)18/h4-7,9-10H,8H2,1-3H3,(H,15,16)(H,17,18). The van der Waals surface area contributed by atoms with Gasteiger partial charge in [0, 0.05) is 5.56 Å². The molecule has 0 aromatic heterocycles. The summed E-state index contributed by atoms with van der Waals surface area (Å²) in [5, 5.41) is 11.1. The monoisotopic (exact) mass is 265 g/mol. The van der Waals surface area contributed by atoms with Gasteiger partial charge in [-0.1, -0.05) is 19.9 Å². The average molecular weight is 265 g/mol. The van der Waals surface area contributed by atoms with Crippen LogP contribution in [0.3, 0.4) is 0 Å². The fourth-order valence-corrected chi connectivity index (χ4v) is 1.33. The molecule has 0 aliphatic heterocycles. The minimum atomic E-state index is -1.07. The number of hydrogen-bond donors (Lipinski definition) is 2. The molecule has 0 bridgehead atoms. The Kier molecular flexibility index (Phi) is 5.36. The lowest BCUT2D eigenvalue weighted by Crippen LogP contribution is -2.38. The van der Waals surface area contributed by atoms with Crippen molar-refractivity contribution in [2.24, 2.45) is 5.92 Å². The van der Waals surface area contributed by atoms with Crippen LogP contribution >= 0.6 is 0 Å². The van der Waals surface area contributed by atoms with Crippen LogP contribution in [0.2, 0.25) is 0 Å². The van der Waals surface area contributed by atoms with Crippen LogP contribution in [0.15, 0.2) is 24.3 Å². The number of benzene rings is 1. The van der Waals surface area contributed by atoms with Crippen LogP contribution in [0.4, 0.5) is 0 Å². The maximum atomic E-state index is 11.8. The quantitative estimate of drug-likeness (QED) is 0.824. The van der Waals surface area contributed by atoms with Crippen LogP contribution in [0.1, 0.15) is 31.1 Å². The molecule has 1 atom stereocenters. The Hall–Kier alpha value is -2.04. The first-order valence-corrected chi connectivity index (χ1v) is 6.16. The summed E-state index contributed by atoms with van der Waals surface area (Å²) in [6.07, 6.45) is 0. The number of carbonyl (C=O) groups is 2. The molecular formula is C14H19NO4.